The van der Waals surface area contributed by atoms with E-state index >= 15 is 0 Å². The number of hydrogen-bond donors (Lipinski definition) is 1. The van der Waals surface area contributed by atoms with Gasteiger partial charge < -0.3 is 5.32 Å². The summed E-state index contributed by atoms with van der Waals surface area (Å²) < 4.78 is 1.98. The van der Waals surface area contributed by atoms with E-state index in [9.17, 15) is 0 Å². The van der Waals surface area contributed by atoms with Crippen LogP contribution < -0.4 is 5.32 Å². The molecule has 3 nitrogen and oxygen atoms in total. The number of aromatic nitrogens is 2. The van der Waals surface area contributed by atoms with Crippen LogP contribution >= 0.6 is 0 Å². The van der Waals surface area contributed by atoms with Crippen molar-refractivity contribution in [2.75, 3.05) is 6.54 Å². The first-order valence-corrected chi connectivity index (χ1v) is 6.99. The van der Waals surface area contributed by atoms with Gasteiger partial charge in [-0.05, 0) is 44.0 Å². The van der Waals surface area contributed by atoms with Crippen LogP contribution in [0.3, 0.4) is 0 Å². The summed E-state index contributed by atoms with van der Waals surface area (Å²) in [6.07, 6.45) is 4.11. The second kappa shape index (κ2) is 6.02. The lowest BCUT2D eigenvalue weighted by atomic mass is 9.93. The number of nitrogens with zero attached hydrogens (tertiary/aromatic N) is 2. The maximum Gasteiger partial charge on any atom is 0.0613 e. The van der Waals surface area contributed by atoms with E-state index in [-0.39, 0.29) is 6.04 Å². The third-order valence-corrected chi connectivity index (χ3v) is 3.55. The number of nitrogens with one attached hydrogen (secondary N) is 1. The van der Waals surface area contributed by atoms with Gasteiger partial charge in [0.05, 0.1) is 12.2 Å². The van der Waals surface area contributed by atoms with E-state index in [1.54, 1.807) is 0 Å². The molecule has 0 amide bonds. The Kier molecular flexibility index (Phi) is 4.38. The first-order valence-electron chi connectivity index (χ1n) is 6.99. The highest BCUT2D eigenvalue weighted by atomic mass is 15.3. The standard InChI is InChI=1S/C16H23N3/c1-5-17-16(14-10-18-19(6-2)11-14)15-12(3)8-7-9-13(15)4/h7-11,16-17H,5-6H2,1-4H3. The molecule has 0 saturated carbocycles. The van der Waals surface area contributed by atoms with E-state index in [0.29, 0.717) is 0 Å². The lowest BCUT2D eigenvalue weighted by Gasteiger charge is -2.21. The van der Waals surface area contributed by atoms with Gasteiger partial charge in [-0.3, -0.25) is 4.68 Å². The van der Waals surface area contributed by atoms with Gasteiger partial charge in [0.1, 0.15) is 0 Å². The molecule has 0 fully saturated rings. The molecule has 2 rings (SSSR count). The molecule has 0 radical (unpaired) electrons. The van der Waals surface area contributed by atoms with Gasteiger partial charge in [-0.15, -0.1) is 0 Å². The molecule has 19 heavy (non-hydrogen) atoms. The monoisotopic (exact) mass is 257 g/mol. The minimum Gasteiger partial charge on any atom is -0.306 e. The van der Waals surface area contributed by atoms with E-state index in [1.807, 2.05) is 10.9 Å². The van der Waals surface area contributed by atoms with Crippen molar-refractivity contribution < 1.29 is 0 Å². The molecule has 2 aromatic rings. The van der Waals surface area contributed by atoms with Crippen molar-refractivity contribution in [1.82, 2.24) is 15.1 Å². The number of benzene rings is 1. The van der Waals surface area contributed by atoms with Crippen LogP contribution in [-0.2, 0) is 6.54 Å². The van der Waals surface area contributed by atoms with Crippen LogP contribution in [0.2, 0.25) is 0 Å². The molecule has 0 aliphatic heterocycles. The number of aryl methyl sites for hydroxylation is 3. The van der Waals surface area contributed by atoms with Crippen molar-refractivity contribution >= 4 is 0 Å². The SMILES string of the molecule is CCNC(c1cnn(CC)c1)c1c(C)cccc1C. The summed E-state index contributed by atoms with van der Waals surface area (Å²) in [5.41, 5.74) is 5.27. The van der Waals surface area contributed by atoms with Crippen molar-refractivity contribution in [3.63, 3.8) is 0 Å². The van der Waals surface area contributed by atoms with Crippen LogP contribution in [0.15, 0.2) is 30.6 Å². The van der Waals surface area contributed by atoms with Crippen LogP contribution in [0.5, 0.6) is 0 Å². The quantitative estimate of drug-likeness (QED) is 0.891. The summed E-state index contributed by atoms with van der Waals surface area (Å²) in [5.74, 6) is 0. The minimum atomic E-state index is 0.228. The van der Waals surface area contributed by atoms with E-state index in [4.69, 9.17) is 0 Å². The average Bonchev–Trinajstić information content (AvgIpc) is 2.86. The lowest BCUT2D eigenvalue weighted by Crippen LogP contribution is -2.23. The van der Waals surface area contributed by atoms with Gasteiger partial charge in [0.25, 0.3) is 0 Å². The van der Waals surface area contributed by atoms with Gasteiger partial charge in [-0.1, -0.05) is 25.1 Å². The minimum absolute atomic E-state index is 0.228. The fourth-order valence-electron chi connectivity index (χ4n) is 2.57. The molecule has 0 saturated heterocycles. The molecule has 1 heterocycles. The Morgan fingerprint density at radius 1 is 1.21 bits per heavy atom. The molecule has 0 bridgehead atoms. The third kappa shape index (κ3) is 2.87. The van der Waals surface area contributed by atoms with Crippen LogP contribution in [0.25, 0.3) is 0 Å². The predicted molar refractivity (Wildman–Crippen MR) is 79.3 cm³/mol. The molecule has 1 aromatic carbocycles. The maximum absolute atomic E-state index is 4.40. The van der Waals surface area contributed by atoms with Gasteiger partial charge in [-0.2, -0.15) is 5.10 Å². The smallest absolute Gasteiger partial charge is 0.0613 e. The molecule has 102 valence electrons. The van der Waals surface area contributed by atoms with E-state index in [1.165, 1.54) is 22.3 Å². The summed E-state index contributed by atoms with van der Waals surface area (Å²) in [6, 6.07) is 6.70. The van der Waals surface area contributed by atoms with E-state index in [0.717, 1.165) is 13.1 Å². The molecular weight excluding hydrogens is 234 g/mol. The zero-order chi connectivity index (χ0) is 13.8. The molecule has 0 aliphatic carbocycles. The van der Waals surface area contributed by atoms with Gasteiger partial charge in [-0.25, -0.2) is 0 Å². The van der Waals surface area contributed by atoms with Gasteiger partial charge in [0, 0.05) is 18.3 Å². The van der Waals surface area contributed by atoms with Crippen LogP contribution in [-0.4, -0.2) is 16.3 Å². The zero-order valence-electron chi connectivity index (χ0n) is 12.3. The maximum atomic E-state index is 4.40. The van der Waals surface area contributed by atoms with Crippen molar-refractivity contribution in [3.05, 3.63) is 52.8 Å². The Hall–Kier alpha value is -1.61. The molecule has 0 spiro atoms. The van der Waals surface area contributed by atoms with Crippen LogP contribution in [0, 0.1) is 13.8 Å². The van der Waals surface area contributed by atoms with Crippen LogP contribution in [0.1, 0.15) is 42.1 Å². The number of hydrogen-bond acceptors (Lipinski definition) is 2. The molecule has 1 N–H and O–H groups in total. The van der Waals surface area contributed by atoms with E-state index in [2.05, 4.69) is 62.5 Å². The number of rotatable bonds is 5. The largest absolute Gasteiger partial charge is 0.306 e. The highest BCUT2D eigenvalue weighted by Crippen LogP contribution is 2.27. The molecule has 1 aromatic heterocycles. The van der Waals surface area contributed by atoms with Gasteiger partial charge in [0.2, 0.25) is 0 Å². The summed E-state index contributed by atoms with van der Waals surface area (Å²) in [7, 11) is 0. The second-order valence-corrected chi connectivity index (χ2v) is 4.93. The topological polar surface area (TPSA) is 29.9 Å². The Labute approximate surface area is 115 Å². The predicted octanol–water partition coefficient (Wildman–Crippen LogP) is 3.22. The molecule has 1 unspecified atom stereocenters. The highest BCUT2D eigenvalue weighted by Gasteiger charge is 2.18. The summed E-state index contributed by atoms with van der Waals surface area (Å²) in [5, 5.41) is 7.98. The van der Waals surface area contributed by atoms with Crippen molar-refractivity contribution in [3.8, 4) is 0 Å². The summed E-state index contributed by atoms with van der Waals surface area (Å²) in [4.78, 5) is 0. The Morgan fingerprint density at radius 2 is 1.89 bits per heavy atom. The van der Waals surface area contributed by atoms with Crippen molar-refractivity contribution in [1.29, 1.82) is 0 Å². The third-order valence-electron chi connectivity index (χ3n) is 3.55. The van der Waals surface area contributed by atoms with Gasteiger partial charge >= 0.3 is 0 Å². The molecule has 1 atom stereocenters. The fraction of sp³-hybridized carbons (Fsp3) is 0.438. The highest BCUT2D eigenvalue weighted by molar-refractivity contribution is 5.40. The summed E-state index contributed by atoms with van der Waals surface area (Å²) >= 11 is 0. The first kappa shape index (κ1) is 13.8. The molecular formula is C16H23N3. The Bertz CT molecular complexity index is 522. The average molecular weight is 257 g/mol. The summed E-state index contributed by atoms with van der Waals surface area (Å²) in [6.45, 7) is 10.5. The zero-order valence-corrected chi connectivity index (χ0v) is 12.3. The fourth-order valence-corrected chi connectivity index (χ4v) is 2.57. The lowest BCUT2D eigenvalue weighted by molar-refractivity contribution is 0.620. The van der Waals surface area contributed by atoms with Crippen LogP contribution in [0.4, 0.5) is 0 Å². The Balaban J connectivity index is 2.45. The Morgan fingerprint density at radius 3 is 2.42 bits per heavy atom. The molecule has 3 heteroatoms. The normalized spacial score (nSPS) is 12.6. The molecule has 0 aliphatic rings. The van der Waals surface area contributed by atoms with E-state index < -0.39 is 0 Å². The van der Waals surface area contributed by atoms with Gasteiger partial charge in [0.15, 0.2) is 0 Å². The van der Waals surface area contributed by atoms with Crippen molar-refractivity contribution in [2.24, 2.45) is 0 Å². The van der Waals surface area contributed by atoms with Crippen molar-refractivity contribution in [2.45, 2.75) is 40.3 Å². The second-order valence-electron chi connectivity index (χ2n) is 4.93. The first-order chi connectivity index (χ1) is 9.17.